The predicted octanol–water partition coefficient (Wildman–Crippen LogP) is 2.60. The number of aryl methyl sites for hydroxylation is 3. The van der Waals surface area contributed by atoms with Gasteiger partial charge in [0.1, 0.15) is 12.0 Å². The normalized spacial score (nSPS) is 15.8. The Hall–Kier alpha value is -3.02. The Morgan fingerprint density at radius 3 is 2.88 bits per heavy atom. The van der Waals surface area contributed by atoms with E-state index in [1.807, 2.05) is 13.0 Å². The van der Waals surface area contributed by atoms with E-state index in [4.69, 9.17) is 0 Å². The highest BCUT2D eigenvalue weighted by Gasteiger charge is 2.25. The van der Waals surface area contributed by atoms with Crippen molar-refractivity contribution in [3.63, 3.8) is 0 Å². The zero-order valence-corrected chi connectivity index (χ0v) is 14.2. The van der Waals surface area contributed by atoms with Gasteiger partial charge < -0.3 is 5.32 Å². The first-order chi connectivity index (χ1) is 12.1. The number of amides is 1. The SMILES string of the molecule is Cc1cc(-c2ccc3c(c2)CC[C@H]3NC(=O)c2ccnn2C)ncn1. The second-order valence-corrected chi connectivity index (χ2v) is 6.36. The molecule has 1 atom stereocenters. The second-order valence-electron chi connectivity index (χ2n) is 6.36. The fraction of sp³-hybridized carbons (Fsp3) is 0.263. The fourth-order valence-electron chi connectivity index (χ4n) is 3.37. The Morgan fingerprint density at radius 1 is 1.24 bits per heavy atom. The number of hydrogen-bond acceptors (Lipinski definition) is 4. The van der Waals surface area contributed by atoms with Crippen molar-refractivity contribution in [2.75, 3.05) is 0 Å². The Balaban J connectivity index is 1.57. The molecule has 6 nitrogen and oxygen atoms in total. The lowest BCUT2D eigenvalue weighted by molar-refractivity contribution is 0.0927. The van der Waals surface area contributed by atoms with Crippen molar-refractivity contribution in [3.8, 4) is 11.3 Å². The minimum Gasteiger partial charge on any atom is -0.344 e. The van der Waals surface area contributed by atoms with Crippen LogP contribution >= 0.6 is 0 Å². The van der Waals surface area contributed by atoms with E-state index >= 15 is 0 Å². The van der Waals surface area contributed by atoms with Gasteiger partial charge in [-0.05, 0) is 49.1 Å². The molecule has 126 valence electrons. The summed E-state index contributed by atoms with van der Waals surface area (Å²) in [6.07, 6.45) is 5.08. The minimum atomic E-state index is -0.0895. The van der Waals surface area contributed by atoms with Crippen LogP contribution in [0, 0.1) is 6.92 Å². The summed E-state index contributed by atoms with van der Waals surface area (Å²) in [5.41, 5.74) is 5.99. The van der Waals surface area contributed by atoms with Crippen molar-refractivity contribution in [1.29, 1.82) is 0 Å². The van der Waals surface area contributed by atoms with Crippen molar-refractivity contribution in [1.82, 2.24) is 25.1 Å². The third-order valence-corrected chi connectivity index (χ3v) is 4.68. The topological polar surface area (TPSA) is 72.7 Å². The third-order valence-electron chi connectivity index (χ3n) is 4.68. The highest BCUT2D eigenvalue weighted by Crippen LogP contribution is 2.34. The van der Waals surface area contributed by atoms with Crippen molar-refractivity contribution < 1.29 is 4.79 Å². The predicted molar refractivity (Wildman–Crippen MR) is 93.9 cm³/mol. The molecule has 25 heavy (non-hydrogen) atoms. The number of aromatic nitrogens is 4. The molecule has 0 unspecified atom stereocenters. The zero-order chi connectivity index (χ0) is 17.4. The lowest BCUT2D eigenvalue weighted by Gasteiger charge is -2.14. The summed E-state index contributed by atoms with van der Waals surface area (Å²) in [6.45, 7) is 1.96. The van der Waals surface area contributed by atoms with Crippen LogP contribution in [0.4, 0.5) is 0 Å². The number of nitrogens with zero attached hydrogens (tertiary/aromatic N) is 4. The van der Waals surface area contributed by atoms with Crippen LogP contribution in [0.5, 0.6) is 0 Å². The molecule has 0 spiro atoms. The molecule has 1 aliphatic rings. The van der Waals surface area contributed by atoms with Gasteiger partial charge in [0.05, 0.1) is 11.7 Å². The van der Waals surface area contributed by atoms with Gasteiger partial charge in [-0.2, -0.15) is 5.10 Å². The smallest absolute Gasteiger partial charge is 0.270 e. The van der Waals surface area contributed by atoms with Gasteiger partial charge in [0, 0.05) is 24.5 Å². The van der Waals surface area contributed by atoms with E-state index in [-0.39, 0.29) is 11.9 Å². The Morgan fingerprint density at radius 2 is 2.12 bits per heavy atom. The first kappa shape index (κ1) is 15.5. The van der Waals surface area contributed by atoms with Crippen molar-refractivity contribution >= 4 is 5.91 Å². The van der Waals surface area contributed by atoms with Crippen LogP contribution in [0.2, 0.25) is 0 Å². The summed E-state index contributed by atoms with van der Waals surface area (Å²) >= 11 is 0. The number of benzene rings is 1. The van der Waals surface area contributed by atoms with Crippen LogP contribution in [-0.4, -0.2) is 25.7 Å². The molecule has 1 aliphatic carbocycles. The van der Waals surface area contributed by atoms with Gasteiger partial charge in [-0.15, -0.1) is 0 Å². The van der Waals surface area contributed by atoms with Gasteiger partial charge in [0.25, 0.3) is 5.91 Å². The number of fused-ring (bicyclic) bond motifs is 1. The molecule has 2 aromatic heterocycles. The van der Waals surface area contributed by atoms with Crippen LogP contribution in [0.3, 0.4) is 0 Å². The Bertz CT molecular complexity index is 946. The molecule has 0 saturated heterocycles. The zero-order valence-electron chi connectivity index (χ0n) is 14.2. The molecule has 1 aromatic carbocycles. The summed E-state index contributed by atoms with van der Waals surface area (Å²) in [7, 11) is 1.77. The molecule has 1 amide bonds. The molecule has 4 rings (SSSR count). The lowest BCUT2D eigenvalue weighted by atomic mass is 10.0. The number of rotatable bonds is 3. The van der Waals surface area contributed by atoms with Crippen molar-refractivity contribution in [2.24, 2.45) is 7.05 Å². The van der Waals surface area contributed by atoms with Crippen LogP contribution < -0.4 is 5.32 Å². The second kappa shape index (κ2) is 6.12. The van der Waals surface area contributed by atoms with Crippen LogP contribution in [-0.2, 0) is 13.5 Å². The first-order valence-electron chi connectivity index (χ1n) is 8.32. The van der Waals surface area contributed by atoms with E-state index < -0.39 is 0 Å². The molecule has 6 heteroatoms. The van der Waals surface area contributed by atoms with Crippen molar-refractivity contribution in [2.45, 2.75) is 25.8 Å². The van der Waals surface area contributed by atoms with Crippen LogP contribution in [0.1, 0.15) is 39.8 Å². The Kier molecular flexibility index (Phi) is 3.80. The summed E-state index contributed by atoms with van der Waals surface area (Å²) in [5, 5.41) is 7.17. The molecule has 0 radical (unpaired) electrons. The summed E-state index contributed by atoms with van der Waals surface area (Å²) < 4.78 is 1.59. The molecule has 0 aliphatic heterocycles. The quantitative estimate of drug-likeness (QED) is 0.800. The highest BCUT2D eigenvalue weighted by molar-refractivity contribution is 5.92. The average molecular weight is 333 g/mol. The number of hydrogen-bond donors (Lipinski definition) is 1. The number of nitrogens with one attached hydrogen (secondary N) is 1. The van der Waals surface area contributed by atoms with E-state index in [0.717, 1.165) is 29.8 Å². The van der Waals surface area contributed by atoms with Gasteiger partial charge in [0.15, 0.2) is 0 Å². The average Bonchev–Trinajstić information content (AvgIpc) is 3.21. The van der Waals surface area contributed by atoms with Crippen LogP contribution in [0.25, 0.3) is 11.3 Å². The van der Waals surface area contributed by atoms with E-state index in [2.05, 4.69) is 38.6 Å². The van der Waals surface area contributed by atoms with Crippen molar-refractivity contribution in [3.05, 3.63) is 65.4 Å². The Labute approximate surface area is 145 Å². The molecule has 0 fully saturated rings. The lowest BCUT2D eigenvalue weighted by Crippen LogP contribution is -2.28. The van der Waals surface area contributed by atoms with Gasteiger partial charge in [-0.25, -0.2) is 9.97 Å². The summed E-state index contributed by atoms with van der Waals surface area (Å²) in [5.74, 6) is -0.0895. The maximum Gasteiger partial charge on any atom is 0.270 e. The standard InChI is InChI=1S/C19H19N5O/c1-12-9-17(21-11-20-12)14-3-5-15-13(10-14)4-6-16(15)23-19(25)18-7-8-22-24(18)2/h3,5,7-11,16H,4,6H2,1-2H3,(H,23,25)/t16-/m1/s1. The largest absolute Gasteiger partial charge is 0.344 e. The van der Waals surface area contributed by atoms with Gasteiger partial charge >= 0.3 is 0 Å². The molecule has 3 aromatic rings. The van der Waals surface area contributed by atoms with Gasteiger partial charge in [0.2, 0.25) is 0 Å². The highest BCUT2D eigenvalue weighted by atomic mass is 16.2. The molecule has 1 N–H and O–H groups in total. The van der Waals surface area contributed by atoms with E-state index in [1.165, 1.54) is 11.1 Å². The van der Waals surface area contributed by atoms with E-state index in [0.29, 0.717) is 5.69 Å². The van der Waals surface area contributed by atoms with E-state index in [1.54, 1.807) is 30.3 Å². The summed E-state index contributed by atoms with van der Waals surface area (Å²) in [4.78, 5) is 20.9. The first-order valence-corrected chi connectivity index (χ1v) is 8.32. The van der Waals surface area contributed by atoms with Gasteiger partial charge in [-0.1, -0.05) is 12.1 Å². The molecular weight excluding hydrogens is 314 g/mol. The molecule has 0 bridgehead atoms. The minimum absolute atomic E-state index is 0.0404. The van der Waals surface area contributed by atoms with E-state index in [9.17, 15) is 4.79 Å². The number of carbonyl (C=O) groups excluding carboxylic acids is 1. The fourth-order valence-corrected chi connectivity index (χ4v) is 3.37. The van der Waals surface area contributed by atoms with Gasteiger partial charge in [-0.3, -0.25) is 9.48 Å². The molecular formula is C19H19N5O. The van der Waals surface area contributed by atoms with Crippen LogP contribution in [0.15, 0.2) is 42.9 Å². The third kappa shape index (κ3) is 2.91. The molecule has 2 heterocycles. The molecule has 0 saturated carbocycles. The maximum atomic E-state index is 12.4. The maximum absolute atomic E-state index is 12.4. The monoisotopic (exact) mass is 333 g/mol. The summed E-state index contributed by atoms with van der Waals surface area (Å²) in [6, 6.07) is 10.1. The number of carbonyl (C=O) groups is 1.